The standard InChI is InChI=1S/C12H14O4/c1-3-15-12(9(2)11(13)14)16-10-7-5-4-6-8-10/h4-8H,3H2,1-2H3,(H,13,14)/b12-9+. The van der Waals surface area contributed by atoms with E-state index >= 15 is 0 Å². The molecule has 0 aliphatic carbocycles. The zero-order valence-electron chi connectivity index (χ0n) is 9.27. The Labute approximate surface area is 94.1 Å². The van der Waals surface area contributed by atoms with Gasteiger partial charge in [0.2, 0.25) is 0 Å². The molecule has 4 nitrogen and oxygen atoms in total. The lowest BCUT2D eigenvalue weighted by atomic mass is 10.3. The number of carboxylic acids is 1. The van der Waals surface area contributed by atoms with Gasteiger partial charge in [-0.15, -0.1) is 0 Å². The molecule has 0 heterocycles. The van der Waals surface area contributed by atoms with Gasteiger partial charge in [-0.25, -0.2) is 4.79 Å². The summed E-state index contributed by atoms with van der Waals surface area (Å²) < 4.78 is 10.5. The predicted octanol–water partition coefficient (Wildman–Crippen LogP) is 2.42. The summed E-state index contributed by atoms with van der Waals surface area (Å²) >= 11 is 0. The molecule has 0 saturated heterocycles. The van der Waals surface area contributed by atoms with Gasteiger partial charge in [0, 0.05) is 0 Å². The zero-order chi connectivity index (χ0) is 12.0. The lowest BCUT2D eigenvalue weighted by Gasteiger charge is -2.11. The summed E-state index contributed by atoms with van der Waals surface area (Å²) in [6.45, 7) is 3.56. The summed E-state index contributed by atoms with van der Waals surface area (Å²) in [6, 6.07) is 8.91. The van der Waals surface area contributed by atoms with Crippen molar-refractivity contribution in [2.45, 2.75) is 13.8 Å². The van der Waals surface area contributed by atoms with Crippen LogP contribution < -0.4 is 4.74 Å². The molecule has 0 fully saturated rings. The third-order valence-electron chi connectivity index (χ3n) is 1.86. The van der Waals surface area contributed by atoms with Crippen LogP contribution in [0, 0.1) is 0 Å². The fourth-order valence-electron chi connectivity index (χ4n) is 1.03. The smallest absolute Gasteiger partial charge is 0.338 e. The number of carbonyl (C=O) groups is 1. The predicted molar refractivity (Wildman–Crippen MR) is 59.0 cm³/mol. The number of carboxylic acid groups (broad SMARTS) is 1. The summed E-state index contributed by atoms with van der Waals surface area (Å²) in [5.74, 6) is -0.480. The molecule has 0 aliphatic rings. The Morgan fingerprint density at radius 2 is 1.94 bits per heavy atom. The summed E-state index contributed by atoms with van der Waals surface area (Å²) in [7, 11) is 0. The topological polar surface area (TPSA) is 55.8 Å². The van der Waals surface area contributed by atoms with Crippen LogP contribution in [0.25, 0.3) is 0 Å². The molecular weight excluding hydrogens is 208 g/mol. The van der Waals surface area contributed by atoms with Gasteiger partial charge in [-0.05, 0) is 26.0 Å². The van der Waals surface area contributed by atoms with E-state index in [1.165, 1.54) is 6.92 Å². The van der Waals surface area contributed by atoms with Crippen LogP contribution in [0.1, 0.15) is 13.8 Å². The van der Waals surface area contributed by atoms with Gasteiger partial charge in [-0.3, -0.25) is 0 Å². The van der Waals surface area contributed by atoms with Crippen molar-refractivity contribution < 1.29 is 19.4 Å². The van der Waals surface area contributed by atoms with E-state index in [9.17, 15) is 4.79 Å². The normalized spacial score (nSPS) is 11.6. The minimum atomic E-state index is -1.06. The largest absolute Gasteiger partial charge is 0.478 e. The third kappa shape index (κ3) is 3.31. The summed E-state index contributed by atoms with van der Waals surface area (Å²) in [5.41, 5.74) is 0.0469. The maximum atomic E-state index is 10.8. The van der Waals surface area contributed by atoms with Crippen molar-refractivity contribution in [3.63, 3.8) is 0 Å². The van der Waals surface area contributed by atoms with Crippen LogP contribution in [-0.4, -0.2) is 17.7 Å². The molecule has 1 aromatic carbocycles. The van der Waals surface area contributed by atoms with Crippen LogP contribution in [0.2, 0.25) is 0 Å². The van der Waals surface area contributed by atoms with Gasteiger partial charge in [-0.2, -0.15) is 0 Å². The van der Waals surface area contributed by atoms with Crippen LogP contribution in [0.4, 0.5) is 0 Å². The van der Waals surface area contributed by atoms with Crippen molar-refractivity contribution in [1.82, 2.24) is 0 Å². The molecule has 0 unspecified atom stereocenters. The van der Waals surface area contributed by atoms with Gasteiger partial charge in [0.25, 0.3) is 5.95 Å². The van der Waals surface area contributed by atoms with Crippen LogP contribution >= 0.6 is 0 Å². The Balaban J connectivity index is 2.88. The van der Waals surface area contributed by atoms with Crippen LogP contribution in [-0.2, 0) is 9.53 Å². The van der Waals surface area contributed by atoms with Gasteiger partial charge >= 0.3 is 5.97 Å². The van der Waals surface area contributed by atoms with Crippen LogP contribution in [0.3, 0.4) is 0 Å². The zero-order valence-corrected chi connectivity index (χ0v) is 9.27. The minimum Gasteiger partial charge on any atom is -0.478 e. The molecule has 86 valence electrons. The number of hydrogen-bond acceptors (Lipinski definition) is 3. The third-order valence-corrected chi connectivity index (χ3v) is 1.86. The number of ether oxygens (including phenoxy) is 2. The van der Waals surface area contributed by atoms with Crippen molar-refractivity contribution in [1.29, 1.82) is 0 Å². The average molecular weight is 222 g/mol. The first-order valence-electron chi connectivity index (χ1n) is 4.95. The van der Waals surface area contributed by atoms with Crippen molar-refractivity contribution in [3.8, 4) is 5.75 Å². The molecule has 1 N–H and O–H groups in total. The number of rotatable bonds is 5. The van der Waals surface area contributed by atoms with Gasteiger partial charge in [0.05, 0.1) is 6.61 Å². The average Bonchev–Trinajstić information content (AvgIpc) is 2.29. The Kier molecular flexibility index (Phi) is 4.39. The second kappa shape index (κ2) is 5.80. The highest BCUT2D eigenvalue weighted by atomic mass is 16.7. The SMILES string of the molecule is CCO/C(Oc1ccccc1)=C(/C)C(=O)O. The van der Waals surface area contributed by atoms with Gasteiger partial charge in [0.1, 0.15) is 11.3 Å². The fraction of sp³-hybridized carbons (Fsp3) is 0.250. The molecule has 0 saturated carbocycles. The molecule has 0 spiro atoms. The molecule has 4 heteroatoms. The van der Waals surface area contributed by atoms with Gasteiger partial charge in [-0.1, -0.05) is 18.2 Å². The Bertz CT molecular complexity index is 381. The van der Waals surface area contributed by atoms with Crippen molar-refractivity contribution in [3.05, 3.63) is 41.9 Å². The first-order valence-corrected chi connectivity index (χ1v) is 4.95. The first-order chi connectivity index (χ1) is 7.65. The van der Waals surface area contributed by atoms with E-state index < -0.39 is 5.97 Å². The number of para-hydroxylation sites is 1. The van der Waals surface area contributed by atoms with Gasteiger partial charge < -0.3 is 14.6 Å². The highest BCUT2D eigenvalue weighted by molar-refractivity contribution is 5.86. The lowest BCUT2D eigenvalue weighted by molar-refractivity contribution is -0.133. The summed E-state index contributed by atoms with van der Waals surface area (Å²) in [4.78, 5) is 10.8. The number of benzene rings is 1. The van der Waals surface area contributed by atoms with Crippen molar-refractivity contribution in [2.75, 3.05) is 6.61 Å². The summed E-state index contributed by atoms with van der Waals surface area (Å²) in [6.07, 6.45) is 0. The molecule has 1 rings (SSSR count). The van der Waals surface area contributed by atoms with Crippen molar-refractivity contribution >= 4 is 5.97 Å². The second-order valence-electron chi connectivity index (χ2n) is 3.07. The second-order valence-corrected chi connectivity index (χ2v) is 3.07. The van der Waals surface area contributed by atoms with E-state index in [4.69, 9.17) is 14.6 Å². The van der Waals surface area contributed by atoms with Gasteiger partial charge in [0.15, 0.2) is 0 Å². The van der Waals surface area contributed by atoms with Crippen molar-refractivity contribution in [2.24, 2.45) is 0 Å². The number of hydrogen-bond donors (Lipinski definition) is 1. The minimum absolute atomic E-state index is 0.0289. The summed E-state index contributed by atoms with van der Waals surface area (Å²) in [5, 5.41) is 8.84. The Morgan fingerprint density at radius 1 is 1.31 bits per heavy atom. The van der Waals surface area contributed by atoms with E-state index in [0.717, 1.165) is 0 Å². The van der Waals surface area contributed by atoms with Crippen LogP contribution in [0.15, 0.2) is 41.9 Å². The Morgan fingerprint density at radius 3 is 2.44 bits per heavy atom. The number of aliphatic carboxylic acids is 1. The van der Waals surface area contributed by atoms with E-state index in [1.807, 2.05) is 6.07 Å². The van der Waals surface area contributed by atoms with E-state index in [0.29, 0.717) is 12.4 Å². The van der Waals surface area contributed by atoms with E-state index in [1.54, 1.807) is 31.2 Å². The quantitative estimate of drug-likeness (QED) is 0.614. The van der Waals surface area contributed by atoms with E-state index in [-0.39, 0.29) is 11.5 Å². The first kappa shape index (κ1) is 12.1. The molecule has 0 aromatic heterocycles. The highest BCUT2D eigenvalue weighted by Gasteiger charge is 2.12. The molecule has 0 aliphatic heterocycles. The molecule has 16 heavy (non-hydrogen) atoms. The lowest BCUT2D eigenvalue weighted by Crippen LogP contribution is -2.09. The van der Waals surface area contributed by atoms with Crippen LogP contribution in [0.5, 0.6) is 5.75 Å². The molecular formula is C12H14O4. The monoisotopic (exact) mass is 222 g/mol. The van der Waals surface area contributed by atoms with E-state index in [2.05, 4.69) is 0 Å². The molecule has 0 amide bonds. The highest BCUT2D eigenvalue weighted by Crippen LogP contribution is 2.16. The maximum Gasteiger partial charge on any atom is 0.338 e. The Hall–Kier alpha value is -1.97. The molecule has 0 bridgehead atoms. The molecule has 0 atom stereocenters. The maximum absolute atomic E-state index is 10.8. The fourth-order valence-corrected chi connectivity index (χ4v) is 1.03. The molecule has 0 radical (unpaired) electrons. The molecule has 1 aromatic rings.